The van der Waals surface area contributed by atoms with Crippen molar-refractivity contribution in [2.24, 2.45) is 0 Å². The van der Waals surface area contributed by atoms with Crippen molar-refractivity contribution < 1.29 is 23.9 Å². The molecule has 2 aromatic rings. The van der Waals surface area contributed by atoms with Gasteiger partial charge >= 0.3 is 12.1 Å². The van der Waals surface area contributed by atoms with Gasteiger partial charge in [-0.15, -0.1) is 0 Å². The average molecular weight is 398 g/mol. The van der Waals surface area contributed by atoms with E-state index in [4.69, 9.17) is 9.47 Å². The predicted octanol–water partition coefficient (Wildman–Crippen LogP) is 4.45. The van der Waals surface area contributed by atoms with Gasteiger partial charge in [0.15, 0.2) is 6.61 Å². The molecule has 0 atom stereocenters. The summed E-state index contributed by atoms with van der Waals surface area (Å²) in [6.45, 7) is 8.69. The molecular weight excluding hydrogens is 372 g/mol. The molecule has 0 unspecified atom stereocenters. The Balaban J connectivity index is 1.92. The number of carbonyl (C=O) groups is 3. The average Bonchev–Trinajstić information content (AvgIpc) is 2.60. The summed E-state index contributed by atoms with van der Waals surface area (Å²) >= 11 is 0. The van der Waals surface area contributed by atoms with Crippen molar-refractivity contribution in [2.45, 2.75) is 40.2 Å². The van der Waals surface area contributed by atoms with E-state index in [9.17, 15) is 14.4 Å². The maximum Gasteiger partial charge on any atom is 0.412 e. The Morgan fingerprint density at radius 1 is 0.966 bits per heavy atom. The molecule has 0 spiro atoms. The summed E-state index contributed by atoms with van der Waals surface area (Å²) in [7, 11) is 0. The van der Waals surface area contributed by atoms with Gasteiger partial charge in [0.1, 0.15) is 5.60 Å². The molecule has 7 nitrogen and oxygen atoms in total. The van der Waals surface area contributed by atoms with Crippen LogP contribution in [0.1, 0.15) is 42.3 Å². The maximum atomic E-state index is 12.2. The molecule has 0 aromatic heterocycles. The number of esters is 1. The number of hydrogen-bond acceptors (Lipinski definition) is 5. The Kier molecular flexibility index (Phi) is 6.98. The third-order valence-corrected chi connectivity index (χ3v) is 3.73. The van der Waals surface area contributed by atoms with Crippen LogP contribution in [0, 0.1) is 13.8 Å². The predicted molar refractivity (Wildman–Crippen MR) is 111 cm³/mol. The minimum atomic E-state index is -0.673. The van der Waals surface area contributed by atoms with Crippen LogP contribution in [0.2, 0.25) is 0 Å². The second-order valence-corrected chi connectivity index (χ2v) is 7.65. The minimum Gasteiger partial charge on any atom is -0.452 e. The van der Waals surface area contributed by atoms with Gasteiger partial charge in [-0.05, 0) is 64.4 Å². The van der Waals surface area contributed by atoms with Crippen molar-refractivity contribution in [2.75, 3.05) is 17.2 Å². The summed E-state index contributed by atoms with van der Waals surface area (Å²) in [5.74, 6) is -1.11. The first-order valence-corrected chi connectivity index (χ1v) is 9.18. The summed E-state index contributed by atoms with van der Waals surface area (Å²) < 4.78 is 10.2. The van der Waals surface area contributed by atoms with Gasteiger partial charge in [0, 0.05) is 11.4 Å². The quantitative estimate of drug-likeness (QED) is 0.726. The summed E-state index contributed by atoms with van der Waals surface area (Å²) in [6.07, 6.45) is -0.629. The Hall–Kier alpha value is -3.35. The molecule has 0 aliphatic carbocycles. The number of ether oxygens (including phenoxy) is 2. The van der Waals surface area contributed by atoms with Crippen LogP contribution in [0.4, 0.5) is 16.2 Å². The van der Waals surface area contributed by atoms with Gasteiger partial charge in [-0.2, -0.15) is 0 Å². The van der Waals surface area contributed by atoms with E-state index in [2.05, 4.69) is 10.6 Å². The van der Waals surface area contributed by atoms with Crippen molar-refractivity contribution in [1.82, 2.24) is 0 Å². The summed E-state index contributed by atoms with van der Waals surface area (Å²) in [4.78, 5) is 36.1. The first-order valence-electron chi connectivity index (χ1n) is 9.18. The molecule has 0 radical (unpaired) electrons. The van der Waals surface area contributed by atoms with Gasteiger partial charge in [-0.25, -0.2) is 9.59 Å². The van der Waals surface area contributed by atoms with E-state index in [1.807, 2.05) is 26.0 Å². The first kappa shape index (κ1) is 21.9. The Morgan fingerprint density at radius 3 is 2.34 bits per heavy atom. The zero-order valence-corrected chi connectivity index (χ0v) is 17.3. The largest absolute Gasteiger partial charge is 0.452 e. The zero-order valence-electron chi connectivity index (χ0n) is 17.3. The van der Waals surface area contributed by atoms with Gasteiger partial charge < -0.3 is 14.8 Å². The number of hydrogen-bond donors (Lipinski definition) is 2. The number of aryl methyl sites for hydroxylation is 2. The molecule has 0 fully saturated rings. The van der Waals surface area contributed by atoms with E-state index >= 15 is 0 Å². The molecule has 2 N–H and O–H groups in total. The molecule has 29 heavy (non-hydrogen) atoms. The van der Waals surface area contributed by atoms with Gasteiger partial charge in [0.25, 0.3) is 5.91 Å². The third kappa shape index (κ3) is 7.29. The fourth-order valence-corrected chi connectivity index (χ4v) is 2.50. The van der Waals surface area contributed by atoms with Crippen LogP contribution in [0.15, 0.2) is 42.5 Å². The Morgan fingerprint density at radius 2 is 1.69 bits per heavy atom. The van der Waals surface area contributed by atoms with E-state index in [-0.39, 0.29) is 5.56 Å². The highest BCUT2D eigenvalue weighted by atomic mass is 16.6. The molecule has 2 aromatic carbocycles. The molecule has 0 heterocycles. The van der Waals surface area contributed by atoms with E-state index in [1.54, 1.807) is 39.0 Å². The van der Waals surface area contributed by atoms with Crippen LogP contribution >= 0.6 is 0 Å². The lowest BCUT2D eigenvalue weighted by molar-refractivity contribution is -0.119. The second-order valence-electron chi connectivity index (χ2n) is 7.65. The highest BCUT2D eigenvalue weighted by Crippen LogP contribution is 2.17. The number of benzene rings is 2. The molecule has 0 bridgehead atoms. The smallest absolute Gasteiger partial charge is 0.412 e. The van der Waals surface area contributed by atoms with Crippen LogP contribution in [-0.2, 0) is 14.3 Å². The lowest BCUT2D eigenvalue weighted by Gasteiger charge is -2.19. The van der Waals surface area contributed by atoms with Gasteiger partial charge in [0.2, 0.25) is 0 Å². The van der Waals surface area contributed by atoms with Gasteiger partial charge in [-0.1, -0.05) is 23.8 Å². The Labute approximate surface area is 170 Å². The van der Waals surface area contributed by atoms with Crippen molar-refractivity contribution in [3.05, 3.63) is 59.2 Å². The van der Waals surface area contributed by atoms with Crippen molar-refractivity contribution in [1.29, 1.82) is 0 Å². The van der Waals surface area contributed by atoms with Gasteiger partial charge in [0.05, 0.1) is 5.56 Å². The molecular formula is C22H26N2O5. The zero-order chi connectivity index (χ0) is 21.6. The van der Waals surface area contributed by atoms with Crippen LogP contribution in [0.3, 0.4) is 0 Å². The number of carbonyl (C=O) groups excluding carboxylic acids is 3. The van der Waals surface area contributed by atoms with Gasteiger partial charge in [-0.3, -0.25) is 10.1 Å². The monoisotopic (exact) mass is 398 g/mol. The highest BCUT2D eigenvalue weighted by molar-refractivity contribution is 5.96. The van der Waals surface area contributed by atoms with Crippen LogP contribution in [-0.4, -0.2) is 30.2 Å². The molecule has 0 saturated carbocycles. The van der Waals surface area contributed by atoms with E-state index < -0.39 is 30.2 Å². The Bertz CT molecular complexity index is 916. The van der Waals surface area contributed by atoms with Crippen LogP contribution < -0.4 is 10.6 Å². The van der Waals surface area contributed by atoms with E-state index in [0.29, 0.717) is 11.4 Å². The van der Waals surface area contributed by atoms with E-state index in [1.165, 1.54) is 12.1 Å². The molecule has 2 amide bonds. The normalized spacial score (nSPS) is 10.8. The van der Waals surface area contributed by atoms with Crippen molar-refractivity contribution in [3.63, 3.8) is 0 Å². The van der Waals surface area contributed by atoms with Crippen molar-refractivity contribution >= 4 is 29.3 Å². The fourth-order valence-electron chi connectivity index (χ4n) is 2.50. The molecule has 154 valence electrons. The number of rotatable bonds is 5. The lowest BCUT2D eigenvalue weighted by Crippen LogP contribution is -2.27. The maximum absolute atomic E-state index is 12.2. The molecule has 0 aliphatic rings. The summed E-state index contributed by atoms with van der Waals surface area (Å²) in [5.41, 5.74) is 2.63. The second kappa shape index (κ2) is 9.23. The SMILES string of the molecule is Cc1ccc(NC(=O)COC(=O)c2cccc(NC(=O)OC(C)(C)C)c2)c(C)c1. The first-order chi connectivity index (χ1) is 13.5. The third-order valence-electron chi connectivity index (χ3n) is 3.73. The standard InChI is InChI=1S/C22H26N2O5/c1-14-9-10-18(15(2)11-14)24-19(25)13-28-20(26)16-7-6-8-17(12-16)23-21(27)29-22(3,4)5/h6-12H,13H2,1-5H3,(H,23,27)(H,24,25). The van der Waals surface area contributed by atoms with Crippen LogP contribution in [0.25, 0.3) is 0 Å². The summed E-state index contributed by atoms with van der Waals surface area (Å²) in [5, 5.41) is 5.27. The highest BCUT2D eigenvalue weighted by Gasteiger charge is 2.17. The number of anilines is 2. The topological polar surface area (TPSA) is 93.7 Å². The lowest BCUT2D eigenvalue weighted by atomic mass is 10.1. The minimum absolute atomic E-state index is 0.206. The van der Waals surface area contributed by atoms with Crippen molar-refractivity contribution in [3.8, 4) is 0 Å². The number of nitrogens with one attached hydrogen (secondary N) is 2. The van der Waals surface area contributed by atoms with E-state index in [0.717, 1.165) is 11.1 Å². The molecule has 0 saturated heterocycles. The number of amides is 2. The molecule has 2 rings (SSSR count). The fraction of sp³-hybridized carbons (Fsp3) is 0.318. The van der Waals surface area contributed by atoms with Crippen LogP contribution in [0.5, 0.6) is 0 Å². The molecule has 7 heteroatoms. The molecule has 0 aliphatic heterocycles. The summed E-state index contributed by atoms with van der Waals surface area (Å²) in [6, 6.07) is 11.8.